The molecule has 2 N–H and O–H groups in total. The molecule has 0 saturated heterocycles. The van der Waals surface area contributed by atoms with Crippen molar-refractivity contribution in [2.75, 3.05) is 6.61 Å². The molecular formula is C29H30O2. The number of hydrogen-bond donors (Lipinski definition) is 0. The summed E-state index contributed by atoms with van der Waals surface area (Å²) in [6.07, 6.45) is 0.809. The quantitative estimate of drug-likeness (QED) is 0.311. The van der Waals surface area contributed by atoms with E-state index in [0.717, 1.165) is 6.42 Å². The van der Waals surface area contributed by atoms with E-state index in [0.29, 0.717) is 6.61 Å². The molecule has 0 saturated carbocycles. The molecule has 0 bridgehead atoms. The second-order valence-electron chi connectivity index (χ2n) is 7.57. The van der Waals surface area contributed by atoms with Crippen LogP contribution in [0.1, 0.15) is 41.7 Å². The Kier molecular flexibility index (Phi) is 7.77. The highest BCUT2D eigenvalue weighted by molar-refractivity contribution is 5.53. The lowest BCUT2D eigenvalue weighted by molar-refractivity contribution is 0.0189. The first-order valence-electron chi connectivity index (χ1n) is 10.7. The molecule has 31 heavy (non-hydrogen) atoms. The normalized spacial score (nSPS) is 12.0. The number of hydrogen-bond acceptors (Lipinski definition) is 1. The third-order valence-electron chi connectivity index (χ3n) is 5.67. The minimum absolute atomic E-state index is 0. The van der Waals surface area contributed by atoms with Gasteiger partial charge in [0.05, 0.1) is 5.41 Å². The fourth-order valence-electron chi connectivity index (χ4n) is 4.39. The predicted octanol–water partition coefficient (Wildman–Crippen LogP) is 6.36. The molecule has 0 aliphatic rings. The molecule has 1 unspecified atom stereocenters. The van der Waals surface area contributed by atoms with Crippen molar-refractivity contribution < 1.29 is 10.2 Å². The number of ether oxygens (including phenoxy) is 1. The maximum atomic E-state index is 6.71. The Labute approximate surface area is 185 Å². The first-order chi connectivity index (χ1) is 14.9. The maximum Gasteiger partial charge on any atom is 0.100 e. The molecule has 0 radical (unpaired) electrons. The van der Waals surface area contributed by atoms with Crippen molar-refractivity contribution in [3.05, 3.63) is 144 Å². The largest absolute Gasteiger partial charge is 0.412 e. The van der Waals surface area contributed by atoms with Crippen molar-refractivity contribution in [3.8, 4) is 0 Å². The topological polar surface area (TPSA) is 40.7 Å². The standard InChI is InChI=1S/C29H28O.H2O/c1-2-23-30-28(24-15-7-3-8-16-24)29(25-17-9-4-10-18-25,26-19-11-5-12-20-26)27-21-13-6-14-22-27;/h3-22,28H,2,23H2,1H3;1H2. The summed E-state index contributed by atoms with van der Waals surface area (Å²) >= 11 is 0. The molecular weight excluding hydrogens is 380 g/mol. The molecule has 0 aliphatic heterocycles. The summed E-state index contributed by atoms with van der Waals surface area (Å²) in [5, 5.41) is 0. The van der Waals surface area contributed by atoms with Crippen molar-refractivity contribution in [3.63, 3.8) is 0 Å². The van der Waals surface area contributed by atoms with Crippen LogP contribution in [0.3, 0.4) is 0 Å². The van der Waals surface area contributed by atoms with Crippen LogP contribution in [0.5, 0.6) is 0 Å². The fraction of sp³-hybridized carbons (Fsp3) is 0.172. The summed E-state index contributed by atoms with van der Waals surface area (Å²) in [4.78, 5) is 0. The molecule has 4 aromatic rings. The SMILES string of the molecule is CCCOC(c1ccccc1)C(c1ccccc1)(c1ccccc1)c1ccccc1.O. The lowest BCUT2D eigenvalue weighted by Gasteiger charge is -2.42. The predicted molar refractivity (Wildman–Crippen MR) is 128 cm³/mol. The van der Waals surface area contributed by atoms with E-state index in [2.05, 4.69) is 128 Å². The second kappa shape index (κ2) is 10.7. The molecule has 0 aliphatic carbocycles. The minimum atomic E-state index is -0.472. The maximum absolute atomic E-state index is 6.71. The Morgan fingerprint density at radius 2 is 0.935 bits per heavy atom. The average Bonchev–Trinajstić information content (AvgIpc) is 2.84. The van der Waals surface area contributed by atoms with E-state index in [9.17, 15) is 0 Å². The van der Waals surface area contributed by atoms with Crippen LogP contribution >= 0.6 is 0 Å². The lowest BCUT2D eigenvalue weighted by Crippen LogP contribution is -2.38. The fourth-order valence-corrected chi connectivity index (χ4v) is 4.39. The van der Waals surface area contributed by atoms with Crippen LogP contribution in [0.4, 0.5) is 0 Å². The Bertz CT molecular complexity index is 919. The van der Waals surface area contributed by atoms with E-state index < -0.39 is 5.41 Å². The van der Waals surface area contributed by atoms with Gasteiger partial charge in [0.1, 0.15) is 6.10 Å². The third-order valence-corrected chi connectivity index (χ3v) is 5.67. The van der Waals surface area contributed by atoms with Gasteiger partial charge in [-0.2, -0.15) is 0 Å². The molecule has 0 amide bonds. The van der Waals surface area contributed by atoms with Crippen molar-refractivity contribution in [2.45, 2.75) is 24.9 Å². The van der Waals surface area contributed by atoms with Gasteiger partial charge in [-0.25, -0.2) is 0 Å². The van der Waals surface area contributed by atoms with Crippen molar-refractivity contribution in [2.24, 2.45) is 0 Å². The van der Waals surface area contributed by atoms with Gasteiger partial charge in [0, 0.05) is 6.61 Å². The van der Waals surface area contributed by atoms with Gasteiger partial charge < -0.3 is 10.2 Å². The molecule has 0 spiro atoms. The molecule has 4 aromatic carbocycles. The van der Waals surface area contributed by atoms with Crippen molar-refractivity contribution in [1.82, 2.24) is 0 Å². The van der Waals surface area contributed by atoms with Gasteiger partial charge in [-0.15, -0.1) is 0 Å². The summed E-state index contributed by atoms with van der Waals surface area (Å²) < 4.78 is 6.71. The summed E-state index contributed by atoms with van der Waals surface area (Å²) in [6, 6.07) is 43.0. The van der Waals surface area contributed by atoms with E-state index in [1.807, 2.05) is 0 Å². The van der Waals surface area contributed by atoms with Crippen LogP contribution in [0.2, 0.25) is 0 Å². The average molecular weight is 411 g/mol. The minimum Gasteiger partial charge on any atom is -0.412 e. The van der Waals surface area contributed by atoms with Gasteiger partial charge in [0.15, 0.2) is 0 Å². The van der Waals surface area contributed by atoms with Crippen LogP contribution in [0.15, 0.2) is 121 Å². The van der Waals surface area contributed by atoms with Crippen LogP contribution in [0.25, 0.3) is 0 Å². The molecule has 4 rings (SSSR count). The Hall–Kier alpha value is -3.20. The van der Waals surface area contributed by atoms with E-state index in [-0.39, 0.29) is 11.6 Å². The Balaban J connectivity index is 0.00000272. The first kappa shape index (κ1) is 22.5. The van der Waals surface area contributed by atoms with Crippen LogP contribution < -0.4 is 0 Å². The zero-order chi connectivity index (χ0) is 20.7. The summed E-state index contributed by atoms with van der Waals surface area (Å²) in [6.45, 7) is 2.87. The van der Waals surface area contributed by atoms with E-state index in [1.165, 1.54) is 22.3 Å². The van der Waals surface area contributed by atoms with E-state index in [1.54, 1.807) is 0 Å². The summed E-state index contributed by atoms with van der Waals surface area (Å²) in [7, 11) is 0. The number of rotatable bonds is 8. The number of benzene rings is 4. The molecule has 158 valence electrons. The molecule has 0 heterocycles. The highest BCUT2D eigenvalue weighted by Crippen LogP contribution is 2.50. The summed E-state index contributed by atoms with van der Waals surface area (Å²) in [5.74, 6) is 0. The molecule has 2 nitrogen and oxygen atoms in total. The van der Waals surface area contributed by atoms with Crippen LogP contribution in [-0.2, 0) is 10.2 Å². The van der Waals surface area contributed by atoms with Crippen molar-refractivity contribution in [1.29, 1.82) is 0 Å². The van der Waals surface area contributed by atoms with Gasteiger partial charge in [-0.1, -0.05) is 128 Å². The van der Waals surface area contributed by atoms with Gasteiger partial charge in [-0.3, -0.25) is 0 Å². The zero-order valence-electron chi connectivity index (χ0n) is 17.9. The lowest BCUT2D eigenvalue weighted by atomic mass is 9.64. The molecule has 0 fully saturated rings. The molecule has 0 aromatic heterocycles. The highest BCUT2D eigenvalue weighted by Gasteiger charge is 2.45. The molecule has 2 heteroatoms. The van der Waals surface area contributed by atoms with Crippen LogP contribution in [0, 0.1) is 0 Å². The Morgan fingerprint density at radius 1 is 0.581 bits per heavy atom. The van der Waals surface area contributed by atoms with Gasteiger partial charge >= 0.3 is 0 Å². The zero-order valence-corrected chi connectivity index (χ0v) is 17.9. The van der Waals surface area contributed by atoms with Gasteiger partial charge in [0.2, 0.25) is 0 Å². The second-order valence-corrected chi connectivity index (χ2v) is 7.57. The Morgan fingerprint density at radius 3 is 1.29 bits per heavy atom. The van der Waals surface area contributed by atoms with Crippen LogP contribution in [-0.4, -0.2) is 12.1 Å². The molecule has 1 atom stereocenters. The van der Waals surface area contributed by atoms with E-state index in [4.69, 9.17) is 4.74 Å². The highest BCUT2D eigenvalue weighted by atomic mass is 16.5. The summed E-state index contributed by atoms with van der Waals surface area (Å²) in [5.41, 5.74) is 4.40. The smallest absolute Gasteiger partial charge is 0.100 e. The van der Waals surface area contributed by atoms with Gasteiger partial charge in [0.25, 0.3) is 0 Å². The van der Waals surface area contributed by atoms with E-state index >= 15 is 0 Å². The van der Waals surface area contributed by atoms with Crippen molar-refractivity contribution >= 4 is 0 Å². The first-order valence-corrected chi connectivity index (χ1v) is 10.7. The monoisotopic (exact) mass is 410 g/mol. The third kappa shape index (κ3) is 4.46. The van der Waals surface area contributed by atoms with Gasteiger partial charge in [-0.05, 0) is 28.7 Å².